The smallest absolute Gasteiger partial charge is 0.317 e. The Morgan fingerprint density at radius 2 is 2.00 bits per heavy atom. The lowest BCUT2D eigenvalue weighted by Gasteiger charge is -2.29. The molecule has 0 aliphatic rings. The molecule has 2 N–H and O–H groups in total. The third-order valence-corrected chi connectivity index (χ3v) is 3.21. The summed E-state index contributed by atoms with van der Waals surface area (Å²) in [7, 11) is 1.54. The summed E-state index contributed by atoms with van der Waals surface area (Å²) in [6, 6.07) is 5.70. The topological polar surface area (TPSA) is 61.8 Å². The number of benzene rings is 1. The van der Waals surface area contributed by atoms with E-state index in [0.717, 1.165) is 5.56 Å². The van der Waals surface area contributed by atoms with Crippen molar-refractivity contribution in [3.8, 4) is 0 Å². The number of aliphatic hydroxyl groups is 1. The number of ether oxygens (including phenoxy) is 1. The third-order valence-electron chi connectivity index (χ3n) is 3.21. The van der Waals surface area contributed by atoms with E-state index in [1.54, 1.807) is 26.0 Å². The normalized spacial score (nSPS) is 12.8. The Hall–Kier alpha value is -1.66. The van der Waals surface area contributed by atoms with Crippen LogP contribution in [-0.4, -0.2) is 48.4 Å². The minimum atomic E-state index is -0.953. The van der Waals surface area contributed by atoms with Crippen LogP contribution in [0.25, 0.3) is 0 Å². The molecule has 0 saturated carbocycles. The summed E-state index contributed by atoms with van der Waals surface area (Å²) in [5.41, 5.74) is -0.167. The molecule has 2 amide bonds. The van der Waals surface area contributed by atoms with Gasteiger partial charge in [-0.25, -0.2) is 9.18 Å². The molecule has 1 atom stereocenters. The lowest BCUT2D eigenvalue weighted by atomic mass is 10.1. The maximum absolute atomic E-state index is 12.9. The second-order valence-corrected chi connectivity index (χ2v) is 5.79. The molecule has 0 saturated heterocycles. The predicted octanol–water partition coefficient (Wildman–Crippen LogP) is 2.32. The first kappa shape index (κ1) is 18.4. The largest absolute Gasteiger partial charge is 0.389 e. The fourth-order valence-corrected chi connectivity index (χ4v) is 2.10. The van der Waals surface area contributed by atoms with Crippen LogP contribution < -0.4 is 5.32 Å². The van der Waals surface area contributed by atoms with E-state index in [-0.39, 0.29) is 31.0 Å². The molecule has 0 heterocycles. The number of urea groups is 1. The number of halogens is 1. The minimum absolute atomic E-state index is 0.240. The molecular weight excluding hydrogens is 287 g/mol. The van der Waals surface area contributed by atoms with Crippen molar-refractivity contribution in [3.63, 3.8) is 0 Å². The third kappa shape index (κ3) is 5.99. The fourth-order valence-electron chi connectivity index (χ4n) is 2.10. The summed E-state index contributed by atoms with van der Waals surface area (Å²) in [5.74, 6) is -0.315. The summed E-state index contributed by atoms with van der Waals surface area (Å²) in [4.78, 5) is 13.7. The Balaban J connectivity index is 2.61. The highest BCUT2D eigenvalue weighted by atomic mass is 19.1. The maximum Gasteiger partial charge on any atom is 0.317 e. The van der Waals surface area contributed by atoms with Gasteiger partial charge in [0, 0.05) is 20.2 Å². The molecule has 0 fully saturated rings. The maximum atomic E-state index is 12.9. The van der Waals surface area contributed by atoms with Crippen molar-refractivity contribution in [1.82, 2.24) is 10.2 Å². The van der Waals surface area contributed by atoms with Gasteiger partial charge in [0.25, 0.3) is 0 Å². The van der Waals surface area contributed by atoms with E-state index in [1.165, 1.54) is 24.1 Å². The molecule has 0 aliphatic carbocycles. The average Bonchev–Trinajstić information content (AvgIpc) is 2.46. The number of likely N-dealkylation sites (N-methyl/N-ethyl adjacent to an activating group) is 1. The van der Waals surface area contributed by atoms with Gasteiger partial charge in [0.2, 0.25) is 0 Å². The fraction of sp³-hybridized carbons (Fsp3) is 0.562. The number of rotatable bonds is 7. The second kappa shape index (κ2) is 8.10. The summed E-state index contributed by atoms with van der Waals surface area (Å²) in [6.07, 6.45) is -0.356. The van der Waals surface area contributed by atoms with E-state index in [1.807, 2.05) is 6.92 Å². The Morgan fingerprint density at radius 1 is 1.41 bits per heavy atom. The Kier molecular flexibility index (Phi) is 6.77. The number of carbonyl (C=O) groups excluding carboxylic acids is 1. The van der Waals surface area contributed by atoms with Crippen LogP contribution >= 0.6 is 0 Å². The molecule has 22 heavy (non-hydrogen) atoms. The van der Waals surface area contributed by atoms with Gasteiger partial charge >= 0.3 is 6.03 Å². The summed E-state index contributed by atoms with van der Waals surface area (Å²) in [5, 5.41) is 12.6. The van der Waals surface area contributed by atoms with Crippen molar-refractivity contribution in [3.05, 3.63) is 35.6 Å². The summed E-state index contributed by atoms with van der Waals surface area (Å²) < 4.78 is 18.3. The first-order chi connectivity index (χ1) is 10.3. The van der Waals surface area contributed by atoms with E-state index < -0.39 is 5.60 Å². The van der Waals surface area contributed by atoms with Gasteiger partial charge in [0.15, 0.2) is 0 Å². The molecule has 0 aliphatic heterocycles. The molecular formula is C16H25FN2O3. The Bertz CT molecular complexity index is 471. The quantitative estimate of drug-likeness (QED) is 0.812. The van der Waals surface area contributed by atoms with Crippen molar-refractivity contribution >= 4 is 6.03 Å². The van der Waals surface area contributed by atoms with E-state index in [0.29, 0.717) is 6.54 Å². The first-order valence-corrected chi connectivity index (χ1v) is 7.30. The number of amides is 2. The van der Waals surface area contributed by atoms with E-state index in [9.17, 15) is 14.3 Å². The molecule has 124 valence electrons. The lowest BCUT2D eigenvalue weighted by molar-refractivity contribution is 0.0466. The molecule has 1 rings (SSSR count). The van der Waals surface area contributed by atoms with Crippen LogP contribution in [0.15, 0.2) is 24.3 Å². The van der Waals surface area contributed by atoms with Crippen molar-refractivity contribution in [1.29, 1.82) is 0 Å². The molecule has 1 unspecified atom stereocenters. The van der Waals surface area contributed by atoms with Crippen LogP contribution in [0.4, 0.5) is 9.18 Å². The van der Waals surface area contributed by atoms with Crippen LogP contribution in [0.1, 0.15) is 32.4 Å². The van der Waals surface area contributed by atoms with Gasteiger partial charge in [-0.3, -0.25) is 0 Å². The lowest BCUT2D eigenvalue weighted by Crippen LogP contribution is -2.47. The number of hydrogen-bond donors (Lipinski definition) is 2. The molecule has 1 aromatic rings. The zero-order chi connectivity index (χ0) is 16.8. The second-order valence-electron chi connectivity index (χ2n) is 5.79. The number of hydrogen-bond acceptors (Lipinski definition) is 3. The number of carbonyl (C=O) groups is 1. The molecule has 0 aromatic heterocycles. The van der Waals surface area contributed by atoms with E-state index in [2.05, 4.69) is 5.32 Å². The Morgan fingerprint density at radius 3 is 2.45 bits per heavy atom. The highest BCUT2D eigenvalue weighted by Crippen LogP contribution is 2.16. The van der Waals surface area contributed by atoms with Crippen LogP contribution in [0.5, 0.6) is 0 Å². The molecule has 0 radical (unpaired) electrons. The highest BCUT2D eigenvalue weighted by Gasteiger charge is 2.22. The van der Waals surface area contributed by atoms with Crippen molar-refractivity contribution in [2.45, 2.75) is 32.5 Å². The van der Waals surface area contributed by atoms with Crippen molar-refractivity contribution in [2.24, 2.45) is 0 Å². The molecule has 1 aromatic carbocycles. The average molecular weight is 312 g/mol. The highest BCUT2D eigenvalue weighted by molar-refractivity contribution is 5.74. The van der Waals surface area contributed by atoms with Gasteiger partial charge < -0.3 is 20.1 Å². The Labute approximate surface area is 131 Å². The van der Waals surface area contributed by atoms with Crippen molar-refractivity contribution < 1.29 is 19.0 Å². The van der Waals surface area contributed by atoms with Gasteiger partial charge in [-0.1, -0.05) is 12.1 Å². The van der Waals surface area contributed by atoms with Crippen LogP contribution in [0.3, 0.4) is 0 Å². The summed E-state index contributed by atoms with van der Waals surface area (Å²) in [6.45, 7) is 6.15. The zero-order valence-electron chi connectivity index (χ0n) is 13.6. The molecule has 0 bridgehead atoms. The van der Waals surface area contributed by atoms with Gasteiger partial charge in [-0.15, -0.1) is 0 Å². The number of nitrogens with zero attached hydrogens (tertiary/aromatic N) is 1. The van der Waals surface area contributed by atoms with Gasteiger partial charge in [-0.2, -0.15) is 0 Å². The zero-order valence-corrected chi connectivity index (χ0v) is 13.6. The number of methoxy groups -OCH3 is 1. The standard InChI is InChI=1S/C16H25FN2O3/c1-5-19(11-16(2,3)21)15(20)18-10-14(22-4)12-6-8-13(17)9-7-12/h6-9,14,21H,5,10-11H2,1-4H3,(H,18,20). The molecule has 5 nitrogen and oxygen atoms in total. The van der Waals surface area contributed by atoms with E-state index >= 15 is 0 Å². The van der Waals surface area contributed by atoms with E-state index in [4.69, 9.17) is 4.74 Å². The predicted molar refractivity (Wildman–Crippen MR) is 83.1 cm³/mol. The van der Waals surface area contributed by atoms with Crippen LogP contribution in [0.2, 0.25) is 0 Å². The van der Waals surface area contributed by atoms with Gasteiger partial charge in [-0.05, 0) is 38.5 Å². The van der Waals surface area contributed by atoms with Gasteiger partial charge in [0.1, 0.15) is 5.82 Å². The van der Waals surface area contributed by atoms with Crippen LogP contribution in [0, 0.1) is 5.82 Å². The minimum Gasteiger partial charge on any atom is -0.389 e. The first-order valence-electron chi connectivity index (χ1n) is 7.30. The van der Waals surface area contributed by atoms with Crippen molar-refractivity contribution in [2.75, 3.05) is 26.7 Å². The monoisotopic (exact) mass is 312 g/mol. The van der Waals surface area contributed by atoms with Crippen LogP contribution in [-0.2, 0) is 4.74 Å². The van der Waals surface area contributed by atoms with Gasteiger partial charge in [0.05, 0.1) is 18.2 Å². The number of nitrogens with one attached hydrogen (secondary N) is 1. The molecule has 0 spiro atoms. The SMILES string of the molecule is CCN(CC(C)(C)O)C(=O)NCC(OC)c1ccc(F)cc1. The summed E-state index contributed by atoms with van der Waals surface area (Å²) >= 11 is 0. The molecule has 6 heteroatoms.